The smallest absolute Gasteiger partial charge is 0.253 e. The number of sulfonamides is 1. The van der Waals surface area contributed by atoms with E-state index < -0.39 is 31.5 Å². The van der Waals surface area contributed by atoms with E-state index in [1.165, 1.54) is 19.2 Å². The fourth-order valence-electron chi connectivity index (χ4n) is 3.81. The van der Waals surface area contributed by atoms with Gasteiger partial charge in [-0.25, -0.2) is 13.1 Å². The van der Waals surface area contributed by atoms with E-state index in [1.807, 2.05) is 13.8 Å². The van der Waals surface area contributed by atoms with Crippen LogP contribution < -0.4 is 26.2 Å². The first-order valence-corrected chi connectivity index (χ1v) is 12.5. The fraction of sp³-hybridized carbons (Fsp3) is 0.524. The maximum absolute atomic E-state index is 12.6. The third-order valence-electron chi connectivity index (χ3n) is 5.60. The summed E-state index contributed by atoms with van der Waals surface area (Å²) in [6, 6.07) is 2.42. The lowest BCUT2D eigenvalue weighted by Crippen LogP contribution is -2.42. The highest BCUT2D eigenvalue weighted by atomic mass is 35.5. The van der Waals surface area contributed by atoms with Gasteiger partial charge in [0.2, 0.25) is 10.0 Å². The van der Waals surface area contributed by atoms with Gasteiger partial charge in [-0.3, -0.25) is 9.59 Å². The first-order chi connectivity index (χ1) is 15.6. The molecule has 4 N–H and O–H groups in total. The molecule has 10 nitrogen and oxygen atoms in total. The molecule has 0 bridgehead atoms. The molecule has 2 aromatic rings. The molecule has 1 aliphatic rings. The van der Waals surface area contributed by atoms with Gasteiger partial charge in [-0.1, -0.05) is 18.5 Å². The minimum Gasteiger partial charge on any atom is -0.504 e. The average molecular weight is 502 g/mol. The number of hydrogen-bond acceptors (Lipinski definition) is 9. The standard InChI is InChI=1S/C21H28ClN3O7S/c1-4-13(15-8-5-11(2)32-15)24-16-17(20(28)19(16)27)25-14-7-6-12(22)21(18(14)26)33(29,30)23-9-10-31-3/h6-7,11,13,15,23-26H,4-5,8-10H2,1-3H3/t11-,13-,15-/m1/s1. The second-order valence-corrected chi connectivity index (χ2v) is 10.0. The molecule has 3 atom stereocenters. The summed E-state index contributed by atoms with van der Waals surface area (Å²) in [5.41, 5.74) is -1.53. The molecule has 33 heavy (non-hydrogen) atoms. The Morgan fingerprint density at radius 3 is 2.55 bits per heavy atom. The Kier molecular flexibility index (Phi) is 8.01. The number of rotatable bonds is 11. The molecule has 0 unspecified atom stereocenters. The highest BCUT2D eigenvalue weighted by Crippen LogP contribution is 2.38. The molecule has 0 spiro atoms. The SMILES string of the molecule is CC[C@@H](Nc1c(Nc2ccc(Cl)c(S(=O)(=O)NCCOC)c2O)c(=O)c1=O)[C@H]1CC[C@@H](C)O1. The topological polar surface area (TPSA) is 143 Å². The van der Waals surface area contributed by atoms with E-state index in [1.54, 1.807) is 0 Å². The van der Waals surface area contributed by atoms with Crippen molar-refractivity contribution < 1.29 is 23.0 Å². The van der Waals surface area contributed by atoms with Gasteiger partial charge in [0.1, 0.15) is 16.3 Å². The molecule has 2 aromatic carbocycles. The number of aromatic hydroxyl groups is 1. The van der Waals surface area contributed by atoms with E-state index in [0.29, 0.717) is 6.42 Å². The maximum Gasteiger partial charge on any atom is 0.253 e. The highest BCUT2D eigenvalue weighted by molar-refractivity contribution is 7.89. The van der Waals surface area contributed by atoms with Crippen LogP contribution >= 0.6 is 11.6 Å². The quantitative estimate of drug-likeness (QED) is 0.206. The number of phenols is 1. The van der Waals surface area contributed by atoms with Crippen molar-refractivity contribution in [3.63, 3.8) is 0 Å². The summed E-state index contributed by atoms with van der Waals surface area (Å²) in [4.78, 5) is 24.0. The van der Waals surface area contributed by atoms with Gasteiger partial charge < -0.3 is 25.2 Å². The number of phenolic OH excluding ortho intramolecular Hbond substituents is 1. The Labute approximate surface area is 197 Å². The number of hydrogen-bond donors (Lipinski definition) is 4. The predicted octanol–water partition coefficient (Wildman–Crippen LogP) is 2.07. The van der Waals surface area contributed by atoms with Crippen molar-refractivity contribution in [2.24, 2.45) is 0 Å². The Morgan fingerprint density at radius 1 is 1.24 bits per heavy atom. The van der Waals surface area contributed by atoms with Gasteiger partial charge in [-0.15, -0.1) is 0 Å². The average Bonchev–Trinajstić information content (AvgIpc) is 3.20. The van der Waals surface area contributed by atoms with Crippen molar-refractivity contribution >= 4 is 38.7 Å². The molecular weight excluding hydrogens is 474 g/mol. The van der Waals surface area contributed by atoms with Crippen molar-refractivity contribution in [1.29, 1.82) is 0 Å². The van der Waals surface area contributed by atoms with Crippen molar-refractivity contribution in [1.82, 2.24) is 4.72 Å². The van der Waals surface area contributed by atoms with Crippen molar-refractivity contribution in [2.75, 3.05) is 30.9 Å². The van der Waals surface area contributed by atoms with Crippen molar-refractivity contribution in [2.45, 2.75) is 56.3 Å². The van der Waals surface area contributed by atoms with Crippen LogP contribution in [0.25, 0.3) is 0 Å². The second kappa shape index (κ2) is 10.4. The summed E-state index contributed by atoms with van der Waals surface area (Å²) in [7, 11) is -2.75. The summed E-state index contributed by atoms with van der Waals surface area (Å²) in [6.45, 7) is 4.02. The molecule has 0 aromatic heterocycles. The van der Waals surface area contributed by atoms with Crippen LogP contribution in [0.2, 0.25) is 5.02 Å². The Morgan fingerprint density at radius 2 is 1.94 bits per heavy atom. The van der Waals surface area contributed by atoms with Gasteiger partial charge in [0.25, 0.3) is 10.9 Å². The first-order valence-electron chi connectivity index (χ1n) is 10.6. The number of ether oxygens (including phenoxy) is 2. The van der Waals surface area contributed by atoms with Crippen LogP contribution in [0.5, 0.6) is 5.75 Å². The minimum absolute atomic E-state index is 0.0290. The summed E-state index contributed by atoms with van der Waals surface area (Å²) in [6.07, 6.45) is 2.44. The molecule has 1 saturated heterocycles. The Bertz CT molecular complexity index is 1180. The molecular formula is C21H28ClN3O7S. The van der Waals surface area contributed by atoms with Gasteiger partial charge in [-0.05, 0) is 38.3 Å². The summed E-state index contributed by atoms with van der Waals surface area (Å²) >= 11 is 6.04. The second-order valence-electron chi connectivity index (χ2n) is 7.92. The fourth-order valence-corrected chi connectivity index (χ4v) is 5.45. The summed E-state index contributed by atoms with van der Waals surface area (Å²) < 4.78 is 38.2. The van der Waals surface area contributed by atoms with Gasteiger partial charge in [0.05, 0.1) is 35.6 Å². The molecule has 12 heteroatoms. The molecule has 1 aliphatic heterocycles. The molecule has 3 rings (SSSR count). The van der Waals surface area contributed by atoms with Crippen molar-refractivity contribution in [3.8, 4) is 5.75 Å². The predicted molar refractivity (Wildman–Crippen MR) is 126 cm³/mol. The third-order valence-corrected chi connectivity index (χ3v) is 7.57. The number of anilines is 3. The van der Waals surface area contributed by atoms with Crippen LogP contribution in [0.3, 0.4) is 0 Å². The number of nitrogens with one attached hydrogen (secondary N) is 3. The third kappa shape index (κ3) is 5.33. The van der Waals surface area contributed by atoms with E-state index in [9.17, 15) is 23.1 Å². The lowest BCUT2D eigenvalue weighted by Gasteiger charge is -2.26. The Balaban J connectivity index is 1.87. The van der Waals surface area contributed by atoms with Crippen LogP contribution in [0.4, 0.5) is 17.1 Å². The van der Waals surface area contributed by atoms with Gasteiger partial charge in [0.15, 0.2) is 5.75 Å². The van der Waals surface area contributed by atoms with Crippen LogP contribution in [0, 0.1) is 0 Å². The van der Waals surface area contributed by atoms with Gasteiger partial charge in [-0.2, -0.15) is 0 Å². The molecule has 0 saturated carbocycles. The molecule has 1 heterocycles. The number of benzene rings is 1. The first kappa shape index (κ1) is 25.4. The summed E-state index contributed by atoms with van der Waals surface area (Å²) in [5.74, 6) is -0.675. The molecule has 0 aliphatic carbocycles. The lowest BCUT2D eigenvalue weighted by atomic mass is 10.0. The monoisotopic (exact) mass is 501 g/mol. The zero-order valence-corrected chi connectivity index (χ0v) is 20.2. The molecule has 0 radical (unpaired) electrons. The van der Waals surface area contributed by atoms with Crippen LogP contribution in [-0.4, -0.2) is 52.0 Å². The number of methoxy groups -OCH3 is 1. The van der Waals surface area contributed by atoms with E-state index in [2.05, 4.69) is 15.4 Å². The molecule has 1 fully saturated rings. The normalized spacial score (nSPS) is 19.6. The zero-order valence-electron chi connectivity index (χ0n) is 18.6. The van der Waals surface area contributed by atoms with Crippen LogP contribution in [0.15, 0.2) is 26.6 Å². The van der Waals surface area contributed by atoms with E-state index in [0.717, 1.165) is 12.8 Å². The largest absolute Gasteiger partial charge is 0.504 e. The number of halogens is 1. The summed E-state index contributed by atoms with van der Waals surface area (Å²) in [5, 5.41) is 16.2. The van der Waals surface area contributed by atoms with Gasteiger partial charge >= 0.3 is 0 Å². The van der Waals surface area contributed by atoms with Crippen LogP contribution in [-0.2, 0) is 19.5 Å². The van der Waals surface area contributed by atoms with E-state index in [4.69, 9.17) is 21.1 Å². The zero-order chi connectivity index (χ0) is 24.3. The lowest BCUT2D eigenvalue weighted by molar-refractivity contribution is 0.0438. The maximum atomic E-state index is 12.6. The van der Waals surface area contributed by atoms with E-state index >= 15 is 0 Å². The highest BCUT2D eigenvalue weighted by Gasteiger charge is 2.32. The minimum atomic E-state index is -4.17. The van der Waals surface area contributed by atoms with Gasteiger partial charge in [0, 0.05) is 13.7 Å². The van der Waals surface area contributed by atoms with Crippen LogP contribution in [0.1, 0.15) is 33.1 Å². The molecule has 0 amide bonds. The Hall–Kier alpha value is -2.18. The van der Waals surface area contributed by atoms with Crippen molar-refractivity contribution in [3.05, 3.63) is 37.6 Å². The van der Waals surface area contributed by atoms with E-state index in [-0.39, 0.29) is 53.5 Å². The molecule has 182 valence electrons.